The lowest BCUT2D eigenvalue weighted by Crippen LogP contribution is -2.13. The molecule has 3 heteroatoms. The summed E-state index contributed by atoms with van der Waals surface area (Å²) >= 11 is 0. The van der Waals surface area contributed by atoms with Gasteiger partial charge in [0, 0.05) is 5.69 Å². The number of anilines is 1. The first-order valence-corrected chi connectivity index (χ1v) is 11.4. The van der Waals surface area contributed by atoms with Gasteiger partial charge < -0.3 is 4.74 Å². The highest BCUT2D eigenvalue weighted by Gasteiger charge is 2.01. The summed E-state index contributed by atoms with van der Waals surface area (Å²) in [6, 6.07) is 7.66. The third-order valence-corrected chi connectivity index (χ3v) is 5.18. The molecular weight excluding hydrogens is 370 g/mol. The standard InChI is InChI=1S/C27H41NO2/c1-6-7-8-11-22(2)12-9-13-23(3)14-10-15-24(4)20-21-30-27(29)28-26-18-16-25(5)17-19-26/h12,14,16-20H,6-11,13,15,21H2,1-5H3,(H,28,29)/b22-12+,23-14+,24-20+. The fourth-order valence-corrected chi connectivity index (χ4v) is 3.10. The van der Waals surface area contributed by atoms with Crippen LogP contribution in [0.4, 0.5) is 10.5 Å². The number of ether oxygens (including phenoxy) is 1. The molecular formula is C27H41NO2. The first-order chi connectivity index (χ1) is 14.4. The van der Waals surface area contributed by atoms with E-state index < -0.39 is 6.09 Å². The minimum absolute atomic E-state index is 0.300. The Hall–Kier alpha value is -2.29. The van der Waals surface area contributed by atoms with Crippen molar-refractivity contribution in [2.45, 2.75) is 86.0 Å². The second-order valence-corrected chi connectivity index (χ2v) is 8.28. The number of amides is 1. The number of hydrogen-bond acceptors (Lipinski definition) is 2. The van der Waals surface area contributed by atoms with E-state index in [9.17, 15) is 4.79 Å². The molecule has 1 rings (SSSR count). The van der Waals surface area contributed by atoms with Crippen LogP contribution in [0.3, 0.4) is 0 Å². The first-order valence-electron chi connectivity index (χ1n) is 11.4. The van der Waals surface area contributed by atoms with Crippen LogP contribution in [0.15, 0.2) is 59.2 Å². The predicted molar refractivity (Wildman–Crippen MR) is 130 cm³/mol. The molecule has 1 amide bonds. The summed E-state index contributed by atoms with van der Waals surface area (Å²) in [5.74, 6) is 0. The molecule has 0 aromatic heterocycles. The zero-order chi connectivity index (χ0) is 22.2. The Bertz CT molecular complexity index is 711. The molecule has 0 aliphatic heterocycles. The fraction of sp³-hybridized carbons (Fsp3) is 0.519. The van der Waals surface area contributed by atoms with Gasteiger partial charge in [-0.15, -0.1) is 0 Å². The number of unbranched alkanes of at least 4 members (excludes halogenated alkanes) is 2. The summed E-state index contributed by atoms with van der Waals surface area (Å²) in [7, 11) is 0. The van der Waals surface area contributed by atoms with Gasteiger partial charge in [0.2, 0.25) is 0 Å². The van der Waals surface area contributed by atoms with Crippen molar-refractivity contribution < 1.29 is 9.53 Å². The predicted octanol–water partition coefficient (Wildman–Crippen LogP) is 8.52. The smallest absolute Gasteiger partial charge is 0.411 e. The lowest BCUT2D eigenvalue weighted by atomic mass is 10.0. The van der Waals surface area contributed by atoms with E-state index in [0.717, 1.165) is 36.9 Å². The molecule has 0 aliphatic rings. The van der Waals surface area contributed by atoms with Crippen molar-refractivity contribution in [3.63, 3.8) is 0 Å². The average molecular weight is 412 g/mol. The molecule has 1 N–H and O–H groups in total. The maximum Gasteiger partial charge on any atom is 0.411 e. The lowest BCUT2D eigenvalue weighted by molar-refractivity contribution is 0.174. The van der Waals surface area contributed by atoms with E-state index in [2.05, 4.69) is 45.2 Å². The summed E-state index contributed by atoms with van der Waals surface area (Å²) < 4.78 is 5.24. The zero-order valence-corrected chi connectivity index (χ0v) is 19.7. The Labute approximate surface area is 184 Å². The Morgan fingerprint density at radius 3 is 2.03 bits per heavy atom. The molecule has 0 atom stereocenters. The number of hydrogen-bond donors (Lipinski definition) is 1. The van der Waals surface area contributed by atoms with Gasteiger partial charge in [-0.3, -0.25) is 5.32 Å². The summed E-state index contributed by atoms with van der Waals surface area (Å²) in [6.07, 6.45) is 15.8. The van der Waals surface area contributed by atoms with Crippen molar-refractivity contribution in [2.75, 3.05) is 11.9 Å². The van der Waals surface area contributed by atoms with Crippen LogP contribution in [0, 0.1) is 6.92 Å². The molecule has 30 heavy (non-hydrogen) atoms. The third kappa shape index (κ3) is 13.0. The number of allylic oxidation sites excluding steroid dienone is 5. The first kappa shape index (κ1) is 25.7. The van der Waals surface area contributed by atoms with Gasteiger partial charge in [-0.2, -0.15) is 0 Å². The minimum Gasteiger partial charge on any atom is -0.445 e. The Morgan fingerprint density at radius 1 is 0.867 bits per heavy atom. The molecule has 0 bridgehead atoms. The van der Waals surface area contributed by atoms with Gasteiger partial charge in [0.05, 0.1) is 0 Å². The highest BCUT2D eigenvalue weighted by Crippen LogP contribution is 2.14. The van der Waals surface area contributed by atoms with Gasteiger partial charge in [0.25, 0.3) is 0 Å². The molecule has 3 nitrogen and oxygen atoms in total. The number of benzene rings is 1. The van der Waals surface area contributed by atoms with Crippen LogP contribution < -0.4 is 5.32 Å². The largest absolute Gasteiger partial charge is 0.445 e. The van der Waals surface area contributed by atoms with E-state index in [0.29, 0.717) is 6.61 Å². The molecule has 166 valence electrons. The third-order valence-electron chi connectivity index (χ3n) is 5.18. The van der Waals surface area contributed by atoms with Crippen molar-refractivity contribution in [3.05, 3.63) is 64.8 Å². The molecule has 0 heterocycles. The van der Waals surface area contributed by atoms with Crippen LogP contribution in [0.25, 0.3) is 0 Å². The van der Waals surface area contributed by atoms with E-state index in [-0.39, 0.29) is 0 Å². The zero-order valence-electron chi connectivity index (χ0n) is 19.7. The molecule has 0 aliphatic carbocycles. The maximum absolute atomic E-state index is 11.8. The van der Waals surface area contributed by atoms with E-state index in [1.165, 1.54) is 42.4 Å². The molecule has 0 saturated carbocycles. The molecule has 1 aromatic rings. The molecule has 0 unspecified atom stereocenters. The molecule has 0 saturated heterocycles. The van der Waals surface area contributed by atoms with Gasteiger partial charge in [-0.25, -0.2) is 4.79 Å². The Morgan fingerprint density at radius 2 is 1.43 bits per heavy atom. The second-order valence-electron chi connectivity index (χ2n) is 8.28. The number of nitrogens with one attached hydrogen (secondary N) is 1. The molecule has 0 spiro atoms. The summed E-state index contributed by atoms with van der Waals surface area (Å²) in [5, 5.41) is 2.74. The van der Waals surface area contributed by atoms with E-state index in [1.807, 2.05) is 37.3 Å². The van der Waals surface area contributed by atoms with E-state index in [1.54, 1.807) is 0 Å². The van der Waals surface area contributed by atoms with Crippen LogP contribution in [0.5, 0.6) is 0 Å². The number of carbonyl (C=O) groups excluding carboxylic acids is 1. The number of rotatable bonds is 13. The van der Waals surface area contributed by atoms with Gasteiger partial charge >= 0.3 is 6.09 Å². The van der Waals surface area contributed by atoms with Gasteiger partial charge in [-0.1, -0.05) is 66.3 Å². The molecule has 0 radical (unpaired) electrons. The van der Waals surface area contributed by atoms with Crippen molar-refractivity contribution >= 4 is 11.8 Å². The van der Waals surface area contributed by atoms with Crippen molar-refractivity contribution in [1.29, 1.82) is 0 Å². The van der Waals surface area contributed by atoms with E-state index >= 15 is 0 Å². The SMILES string of the molecule is CCCCC/C(C)=C/CC/C(C)=C/CC/C(C)=C/COC(=O)Nc1ccc(C)cc1. The Kier molecular flexibility index (Phi) is 13.3. The fourth-order valence-electron chi connectivity index (χ4n) is 3.10. The molecule has 1 aromatic carbocycles. The highest BCUT2D eigenvalue weighted by molar-refractivity contribution is 5.84. The minimum atomic E-state index is -0.420. The summed E-state index contributed by atoms with van der Waals surface area (Å²) in [4.78, 5) is 11.8. The monoisotopic (exact) mass is 411 g/mol. The second kappa shape index (κ2) is 15.5. The normalized spacial score (nSPS) is 12.8. The van der Waals surface area contributed by atoms with Gasteiger partial charge in [0.15, 0.2) is 0 Å². The topological polar surface area (TPSA) is 38.3 Å². The maximum atomic E-state index is 11.8. The average Bonchev–Trinajstić information content (AvgIpc) is 2.70. The lowest BCUT2D eigenvalue weighted by Gasteiger charge is -2.06. The Balaban J connectivity index is 2.21. The van der Waals surface area contributed by atoms with Crippen LogP contribution in [-0.2, 0) is 4.74 Å². The summed E-state index contributed by atoms with van der Waals surface area (Å²) in [6.45, 7) is 11.1. The summed E-state index contributed by atoms with van der Waals surface area (Å²) in [5.41, 5.74) is 6.13. The molecule has 0 fully saturated rings. The van der Waals surface area contributed by atoms with Crippen molar-refractivity contribution in [3.8, 4) is 0 Å². The van der Waals surface area contributed by atoms with Crippen molar-refractivity contribution in [2.24, 2.45) is 0 Å². The van der Waals surface area contributed by atoms with Gasteiger partial charge in [-0.05, 0) is 84.4 Å². The van der Waals surface area contributed by atoms with Gasteiger partial charge in [0.1, 0.15) is 6.61 Å². The van der Waals surface area contributed by atoms with Crippen LogP contribution in [0.1, 0.15) is 84.6 Å². The van der Waals surface area contributed by atoms with E-state index in [4.69, 9.17) is 4.74 Å². The highest BCUT2D eigenvalue weighted by atomic mass is 16.5. The van der Waals surface area contributed by atoms with Crippen LogP contribution >= 0.6 is 0 Å². The number of carbonyl (C=O) groups is 1. The van der Waals surface area contributed by atoms with Crippen molar-refractivity contribution in [1.82, 2.24) is 0 Å². The quantitative estimate of drug-likeness (QED) is 0.261. The number of aryl methyl sites for hydroxylation is 1. The van der Waals surface area contributed by atoms with Crippen LogP contribution in [-0.4, -0.2) is 12.7 Å². The van der Waals surface area contributed by atoms with Crippen LogP contribution in [0.2, 0.25) is 0 Å².